The molecule has 3 rings (SSSR count). The van der Waals surface area contributed by atoms with E-state index in [0.717, 1.165) is 6.54 Å². The van der Waals surface area contributed by atoms with Crippen molar-refractivity contribution in [2.45, 2.75) is 52.0 Å². The normalized spacial score (nSPS) is 20.1. The monoisotopic (exact) mass is 287 g/mol. The molecular weight excluding hydrogens is 262 g/mol. The van der Waals surface area contributed by atoms with Crippen LogP contribution in [-0.2, 0) is 0 Å². The summed E-state index contributed by atoms with van der Waals surface area (Å²) in [6.45, 7) is 5.77. The van der Waals surface area contributed by atoms with E-state index in [0.29, 0.717) is 11.5 Å². The van der Waals surface area contributed by atoms with Gasteiger partial charge in [-0.3, -0.25) is 0 Å². The third kappa shape index (κ3) is 2.51. The Hall–Kier alpha value is -0.860. The van der Waals surface area contributed by atoms with E-state index in [4.69, 9.17) is 0 Å². The number of hydrogen-bond donors (Lipinski definition) is 1. The fourth-order valence-electron chi connectivity index (χ4n) is 3.81. The Morgan fingerprint density at radius 3 is 2.70 bits per heavy atom. The minimum atomic E-state index is 0.415. The van der Waals surface area contributed by atoms with Crippen LogP contribution in [0.2, 0.25) is 0 Å². The largest absolute Gasteiger partial charge is 0.310 e. The lowest BCUT2D eigenvalue weighted by atomic mass is 9.68. The van der Waals surface area contributed by atoms with Crippen molar-refractivity contribution in [3.8, 4) is 0 Å². The van der Waals surface area contributed by atoms with Gasteiger partial charge in [-0.15, -0.1) is 11.3 Å². The summed E-state index contributed by atoms with van der Waals surface area (Å²) in [5.74, 6) is 0. The summed E-state index contributed by atoms with van der Waals surface area (Å²) in [5.41, 5.74) is 1.94. The van der Waals surface area contributed by atoms with Gasteiger partial charge < -0.3 is 5.32 Å². The van der Waals surface area contributed by atoms with E-state index >= 15 is 0 Å². The zero-order valence-electron chi connectivity index (χ0n) is 12.6. The predicted octanol–water partition coefficient (Wildman–Crippen LogP) is 5.52. The van der Waals surface area contributed by atoms with Crippen LogP contribution in [0.5, 0.6) is 0 Å². The van der Waals surface area contributed by atoms with Crippen LogP contribution in [0.1, 0.15) is 57.6 Å². The van der Waals surface area contributed by atoms with Gasteiger partial charge in [-0.1, -0.05) is 51.3 Å². The number of hydrogen-bond acceptors (Lipinski definition) is 2. The maximum atomic E-state index is 3.79. The van der Waals surface area contributed by atoms with Crippen LogP contribution in [0.25, 0.3) is 10.1 Å². The maximum absolute atomic E-state index is 3.79. The molecule has 0 saturated heterocycles. The first-order valence-corrected chi connectivity index (χ1v) is 8.82. The Kier molecular flexibility index (Phi) is 4.13. The summed E-state index contributed by atoms with van der Waals surface area (Å²) in [7, 11) is 0. The molecule has 0 bridgehead atoms. The molecule has 2 heteroatoms. The Bertz CT molecular complexity index is 566. The highest BCUT2D eigenvalue weighted by Crippen LogP contribution is 2.47. The Morgan fingerprint density at radius 2 is 1.95 bits per heavy atom. The van der Waals surface area contributed by atoms with Crippen molar-refractivity contribution in [2.24, 2.45) is 5.41 Å². The summed E-state index contributed by atoms with van der Waals surface area (Å²) in [6.07, 6.45) is 6.91. The van der Waals surface area contributed by atoms with Crippen LogP contribution in [-0.4, -0.2) is 6.54 Å². The van der Waals surface area contributed by atoms with Crippen molar-refractivity contribution in [3.05, 3.63) is 35.2 Å². The van der Waals surface area contributed by atoms with Crippen molar-refractivity contribution in [2.75, 3.05) is 6.54 Å². The van der Waals surface area contributed by atoms with Crippen molar-refractivity contribution < 1.29 is 0 Å². The van der Waals surface area contributed by atoms with Gasteiger partial charge in [0.1, 0.15) is 0 Å². The first kappa shape index (κ1) is 14.1. The van der Waals surface area contributed by atoms with E-state index in [1.165, 1.54) is 47.8 Å². The number of rotatable bonds is 4. The first-order chi connectivity index (χ1) is 9.74. The molecule has 108 valence electrons. The maximum Gasteiger partial charge on any atom is 0.0388 e. The lowest BCUT2D eigenvalue weighted by Gasteiger charge is -2.41. The number of benzene rings is 1. The average molecular weight is 287 g/mol. The molecule has 1 saturated carbocycles. The molecule has 1 atom stereocenters. The zero-order chi connectivity index (χ0) is 14.0. The van der Waals surface area contributed by atoms with Crippen molar-refractivity contribution in [1.82, 2.24) is 5.32 Å². The average Bonchev–Trinajstić information content (AvgIpc) is 2.89. The van der Waals surface area contributed by atoms with Gasteiger partial charge in [0.05, 0.1) is 0 Å². The quantitative estimate of drug-likeness (QED) is 0.780. The smallest absolute Gasteiger partial charge is 0.0388 e. The second-order valence-corrected chi connectivity index (χ2v) is 7.30. The van der Waals surface area contributed by atoms with Crippen LogP contribution in [0.15, 0.2) is 29.6 Å². The summed E-state index contributed by atoms with van der Waals surface area (Å²) in [6, 6.07) is 9.36. The third-order valence-corrected chi connectivity index (χ3v) is 5.90. The van der Waals surface area contributed by atoms with Gasteiger partial charge in [0, 0.05) is 10.7 Å². The molecule has 0 aliphatic heterocycles. The van der Waals surface area contributed by atoms with Gasteiger partial charge in [-0.05, 0) is 47.2 Å². The second-order valence-electron chi connectivity index (χ2n) is 6.39. The van der Waals surface area contributed by atoms with E-state index < -0.39 is 0 Å². The summed E-state index contributed by atoms with van der Waals surface area (Å²) < 4.78 is 1.42. The summed E-state index contributed by atoms with van der Waals surface area (Å²) in [4.78, 5) is 0. The zero-order valence-corrected chi connectivity index (χ0v) is 13.4. The minimum absolute atomic E-state index is 0.415. The van der Waals surface area contributed by atoms with Crippen LogP contribution in [0.3, 0.4) is 0 Å². The van der Waals surface area contributed by atoms with Crippen molar-refractivity contribution >= 4 is 21.4 Å². The summed E-state index contributed by atoms with van der Waals surface area (Å²) in [5, 5.41) is 7.63. The van der Waals surface area contributed by atoms with Gasteiger partial charge in [-0.2, -0.15) is 0 Å². The molecule has 1 N–H and O–H groups in total. The molecule has 1 aromatic carbocycles. The summed E-state index contributed by atoms with van der Waals surface area (Å²) >= 11 is 1.89. The standard InChI is InChI=1S/C18H25NS/c1-3-19-17(18(2)11-7-4-8-12-18)15-13-20-16-10-6-5-9-14(15)16/h5-6,9-10,13,17,19H,3-4,7-8,11-12H2,1-2H3. The third-order valence-electron chi connectivity index (χ3n) is 4.92. The molecule has 0 spiro atoms. The number of nitrogens with one attached hydrogen (secondary N) is 1. The highest BCUT2D eigenvalue weighted by Gasteiger charge is 2.36. The SMILES string of the molecule is CCNC(c1csc2ccccc12)C1(C)CCCCC1. The van der Waals surface area contributed by atoms with Gasteiger partial charge in [-0.25, -0.2) is 0 Å². The molecule has 1 aliphatic rings. The second kappa shape index (κ2) is 5.87. The molecule has 0 amide bonds. The highest BCUT2D eigenvalue weighted by atomic mass is 32.1. The molecular formula is C18H25NS. The minimum Gasteiger partial charge on any atom is -0.310 e. The number of thiophene rings is 1. The van der Waals surface area contributed by atoms with Crippen LogP contribution in [0.4, 0.5) is 0 Å². The lowest BCUT2D eigenvalue weighted by Crippen LogP contribution is -2.37. The van der Waals surface area contributed by atoms with E-state index in [2.05, 4.69) is 48.8 Å². The fourth-order valence-corrected chi connectivity index (χ4v) is 4.79. The van der Waals surface area contributed by atoms with Crippen LogP contribution < -0.4 is 5.32 Å². The number of fused-ring (bicyclic) bond motifs is 1. The van der Waals surface area contributed by atoms with E-state index in [1.807, 2.05) is 11.3 Å². The lowest BCUT2D eigenvalue weighted by molar-refractivity contribution is 0.147. The van der Waals surface area contributed by atoms with E-state index in [9.17, 15) is 0 Å². The fraction of sp³-hybridized carbons (Fsp3) is 0.556. The van der Waals surface area contributed by atoms with Gasteiger partial charge in [0.2, 0.25) is 0 Å². The molecule has 1 fully saturated rings. The molecule has 0 radical (unpaired) electrons. The van der Waals surface area contributed by atoms with Gasteiger partial charge >= 0.3 is 0 Å². The Labute approximate surface area is 126 Å². The highest BCUT2D eigenvalue weighted by molar-refractivity contribution is 7.17. The van der Waals surface area contributed by atoms with Gasteiger partial charge in [0.25, 0.3) is 0 Å². The molecule has 1 unspecified atom stereocenters. The van der Waals surface area contributed by atoms with E-state index in [-0.39, 0.29) is 0 Å². The molecule has 2 aromatic rings. The molecule has 1 heterocycles. The van der Waals surface area contributed by atoms with Crippen molar-refractivity contribution in [3.63, 3.8) is 0 Å². The van der Waals surface area contributed by atoms with Gasteiger partial charge in [0.15, 0.2) is 0 Å². The van der Waals surface area contributed by atoms with Crippen LogP contribution in [0, 0.1) is 5.41 Å². The first-order valence-electron chi connectivity index (χ1n) is 7.94. The topological polar surface area (TPSA) is 12.0 Å². The molecule has 1 aliphatic carbocycles. The molecule has 20 heavy (non-hydrogen) atoms. The molecule has 1 nitrogen and oxygen atoms in total. The Balaban J connectivity index is 2.01. The molecule has 1 aromatic heterocycles. The van der Waals surface area contributed by atoms with Crippen LogP contribution >= 0.6 is 11.3 Å². The Morgan fingerprint density at radius 1 is 1.20 bits per heavy atom. The predicted molar refractivity (Wildman–Crippen MR) is 89.4 cm³/mol. The van der Waals surface area contributed by atoms with Crippen molar-refractivity contribution in [1.29, 1.82) is 0 Å². The van der Waals surface area contributed by atoms with E-state index in [1.54, 1.807) is 0 Å².